The normalized spacial score (nSPS) is 21.8. The monoisotopic (exact) mass is 296 g/mol. The number of nitrogens with two attached hydrogens (primary N) is 1. The summed E-state index contributed by atoms with van der Waals surface area (Å²) < 4.78 is 5.98. The highest BCUT2D eigenvalue weighted by Gasteiger charge is 2.34. The van der Waals surface area contributed by atoms with E-state index in [1.165, 1.54) is 0 Å². The zero-order valence-corrected chi connectivity index (χ0v) is 13.1. The first-order chi connectivity index (χ1) is 9.58. The number of ether oxygens (including phenoxy) is 1. The largest absolute Gasteiger partial charge is 0.375 e. The molecule has 0 aromatic carbocycles. The van der Waals surface area contributed by atoms with Crippen molar-refractivity contribution in [3.63, 3.8) is 0 Å². The van der Waals surface area contributed by atoms with E-state index in [1.807, 2.05) is 11.4 Å². The number of hydrogen-bond donors (Lipinski definition) is 2. The van der Waals surface area contributed by atoms with E-state index in [1.54, 1.807) is 11.3 Å². The Hall–Kier alpha value is -0.910. The Labute approximate surface area is 124 Å². The van der Waals surface area contributed by atoms with Crippen molar-refractivity contribution < 1.29 is 9.53 Å². The summed E-state index contributed by atoms with van der Waals surface area (Å²) in [7, 11) is 0. The first-order valence-electron chi connectivity index (χ1n) is 7.33. The number of rotatable bonds is 6. The van der Waals surface area contributed by atoms with Crippen molar-refractivity contribution in [1.29, 1.82) is 0 Å². The van der Waals surface area contributed by atoms with Crippen molar-refractivity contribution in [2.24, 2.45) is 5.73 Å². The number of nitrogens with one attached hydrogen (secondary N) is 1. The maximum Gasteiger partial charge on any atom is 0.249 e. The number of carbonyl (C=O) groups is 1. The first kappa shape index (κ1) is 15.5. The average molecular weight is 296 g/mol. The van der Waals surface area contributed by atoms with E-state index in [0.717, 1.165) is 43.7 Å². The smallest absolute Gasteiger partial charge is 0.249 e. The number of thiophene rings is 1. The lowest BCUT2D eigenvalue weighted by Gasteiger charge is -2.40. The van der Waals surface area contributed by atoms with Gasteiger partial charge in [0.05, 0.1) is 11.2 Å². The van der Waals surface area contributed by atoms with Gasteiger partial charge in [-0.15, -0.1) is 11.3 Å². The summed E-state index contributed by atoms with van der Waals surface area (Å²) in [5.74, 6) is -0.352. The van der Waals surface area contributed by atoms with Gasteiger partial charge in [-0.2, -0.15) is 0 Å². The average Bonchev–Trinajstić information content (AvgIpc) is 2.94. The molecule has 0 radical (unpaired) electrons. The number of amides is 1. The fourth-order valence-electron chi connectivity index (χ4n) is 2.79. The molecule has 1 saturated heterocycles. The first-order valence-corrected chi connectivity index (χ1v) is 8.21. The summed E-state index contributed by atoms with van der Waals surface area (Å²) in [4.78, 5) is 12.2. The fourth-order valence-corrected chi connectivity index (χ4v) is 3.62. The molecule has 1 aromatic heterocycles. The van der Waals surface area contributed by atoms with Crippen LogP contribution in [0.5, 0.6) is 0 Å². The maximum absolute atomic E-state index is 11.1. The highest BCUT2D eigenvalue weighted by molar-refractivity contribution is 7.10. The van der Waals surface area contributed by atoms with E-state index in [0.29, 0.717) is 11.6 Å². The molecule has 20 heavy (non-hydrogen) atoms. The van der Waals surface area contributed by atoms with Crippen LogP contribution in [-0.2, 0) is 11.3 Å². The molecule has 4 nitrogen and oxygen atoms in total. The third kappa shape index (κ3) is 3.59. The van der Waals surface area contributed by atoms with Crippen molar-refractivity contribution in [1.82, 2.24) is 5.32 Å². The van der Waals surface area contributed by atoms with Crippen LogP contribution in [0.4, 0.5) is 0 Å². The SMILES string of the molecule is CCC1(CC)CC(NCc2cc(C(N)=O)cs2)CCO1. The summed E-state index contributed by atoms with van der Waals surface area (Å²) in [5.41, 5.74) is 5.92. The lowest BCUT2D eigenvalue weighted by molar-refractivity contribution is -0.0931. The van der Waals surface area contributed by atoms with Gasteiger partial charge in [0.2, 0.25) is 5.91 Å². The van der Waals surface area contributed by atoms with Gasteiger partial charge in [-0.1, -0.05) is 13.8 Å². The summed E-state index contributed by atoms with van der Waals surface area (Å²) in [6.45, 7) is 6.02. The Kier molecular flexibility index (Phi) is 5.18. The van der Waals surface area contributed by atoms with Crippen molar-refractivity contribution in [2.75, 3.05) is 6.61 Å². The van der Waals surface area contributed by atoms with Crippen LogP contribution >= 0.6 is 11.3 Å². The van der Waals surface area contributed by atoms with Crippen LogP contribution in [0.2, 0.25) is 0 Å². The van der Waals surface area contributed by atoms with E-state index in [9.17, 15) is 4.79 Å². The van der Waals surface area contributed by atoms with Gasteiger partial charge in [0.1, 0.15) is 0 Å². The highest BCUT2D eigenvalue weighted by Crippen LogP contribution is 2.31. The quantitative estimate of drug-likeness (QED) is 0.848. The number of hydrogen-bond acceptors (Lipinski definition) is 4. The second-order valence-corrected chi connectivity index (χ2v) is 6.47. The van der Waals surface area contributed by atoms with Crippen LogP contribution in [-0.4, -0.2) is 24.2 Å². The molecule has 1 aliphatic rings. The van der Waals surface area contributed by atoms with Crippen molar-refractivity contribution in [3.8, 4) is 0 Å². The molecule has 0 aliphatic carbocycles. The molecule has 2 rings (SSSR count). The molecular formula is C15H24N2O2S. The Morgan fingerprint density at radius 3 is 2.90 bits per heavy atom. The Bertz CT molecular complexity index is 454. The minimum absolute atomic E-state index is 0.0454. The van der Waals surface area contributed by atoms with Crippen LogP contribution < -0.4 is 11.1 Å². The summed E-state index contributed by atoms with van der Waals surface area (Å²) in [6.07, 6.45) is 4.24. The predicted octanol–water partition coefficient (Wildman–Crippen LogP) is 2.67. The van der Waals surface area contributed by atoms with Crippen LogP contribution in [0.3, 0.4) is 0 Å². The lowest BCUT2D eigenvalue weighted by Crippen LogP contribution is -2.46. The number of primary amides is 1. The molecule has 1 atom stereocenters. The van der Waals surface area contributed by atoms with E-state index < -0.39 is 0 Å². The molecule has 1 unspecified atom stereocenters. The molecule has 0 bridgehead atoms. The van der Waals surface area contributed by atoms with Crippen molar-refractivity contribution in [3.05, 3.63) is 21.9 Å². The molecule has 1 aromatic rings. The number of carbonyl (C=O) groups excluding carboxylic acids is 1. The van der Waals surface area contributed by atoms with E-state index in [2.05, 4.69) is 19.2 Å². The van der Waals surface area contributed by atoms with Gasteiger partial charge in [-0.25, -0.2) is 0 Å². The van der Waals surface area contributed by atoms with Gasteiger partial charge in [-0.3, -0.25) is 4.79 Å². The molecular weight excluding hydrogens is 272 g/mol. The van der Waals surface area contributed by atoms with Gasteiger partial charge in [0.15, 0.2) is 0 Å². The van der Waals surface area contributed by atoms with Gasteiger partial charge < -0.3 is 15.8 Å². The van der Waals surface area contributed by atoms with E-state index in [-0.39, 0.29) is 11.5 Å². The summed E-state index contributed by atoms with van der Waals surface area (Å²) in [5, 5.41) is 5.42. The molecule has 2 heterocycles. The molecule has 5 heteroatoms. The predicted molar refractivity (Wildman–Crippen MR) is 82.0 cm³/mol. The Morgan fingerprint density at radius 2 is 2.30 bits per heavy atom. The fraction of sp³-hybridized carbons (Fsp3) is 0.667. The Morgan fingerprint density at radius 1 is 1.55 bits per heavy atom. The second kappa shape index (κ2) is 6.70. The molecule has 1 aliphatic heterocycles. The minimum Gasteiger partial charge on any atom is -0.375 e. The molecule has 1 fully saturated rings. The highest BCUT2D eigenvalue weighted by atomic mass is 32.1. The zero-order valence-electron chi connectivity index (χ0n) is 12.3. The molecule has 3 N–H and O–H groups in total. The van der Waals surface area contributed by atoms with E-state index >= 15 is 0 Å². The molecule has 112 valence electrons. The molecule has 1 amide bonds. The van der Waals surface area contributed by atoms with Crippen LogP contribution in [0, 0.1) is 0 Å². The van der Waals surface area contributed by atoms with Crippen LogP contribution in [0.15, 0.2) is 11.4 Å². The topological polar surface area (TPSA) is 64.3 Å². The van der Waals surface area contributed by atoms with Gasteiger partial charge in [0.25, 0.3) is 0 Å². The molecule has 0 saturated carbocycles. The summed E-state index contributed by atoms with van der Waals surface area (Å²) >= 11 is 1.58. The van der Waals surface area contributed by atoms with Crippen molar-refractivity contribution in [2.45, 2.75) is 57.7 Å². The standard InChI is InChI=1S/C15H24N2O2S/c1-3-15(4-2)8-12(5-6-19-15)17-9-13-7-11(10-20-13)14(16)18/h7,10,12,17H,3-6,8-9H2,1-2H3,(H2,16,18). The lowest BCUT2D eigenvalue weighted by atomic mass is 9.86. The van der Waals surface area contributed by atoms with Gasteiger partial charge in [0, 0.05) is 29.5 Å². The van der Waals surface area contributed by atoms with Crippen molar-refractivity contribution >= 4 is 17.2 Å². The van der Waals surface area contributed by atoms with Gasteiger partial charge in [-0.05, 0) is 31.7 Å². The second-order valence-electron chi connectivity index (χ2n) is 5.48. The van der Waals surface area contributed by atoms with Gasteiger partial charge >= 0.3 is 0 Å². The molecule has 0 spiro atoms. The van der Waals surface area contributed by atoms with Crippen LogP contribution in [0.1, 0.15) is 54.8 Å². The third-order valence-electron chi connectivity index (χ3n) is 4.28. The van der Waals surface area contributed by atoms with E-state index in [4.69, 9.17) is 10.5 Å². The maximum atomic E-state index is 11.1. The third-order valence-corrected chi connectivity index (χ3v) is 5.22. The Balaban J connectivity index is 1.88. The zero-order chi connectivity index (χ0) is 14.6. The minimum atomic E-state index is -0.352. The summed E-state index contributed by atoms with van der Waals surface area (Å²) in [6, 6.07) is 2.37. The van der Waals surface area contributed by atoms with Crippen LogP contribution in [0.25, 0.3) is 0 Å².